The van der Waals surface area contributed by atoms with Crippen LogP contribution in [0.4, 0.5) is 5.13 Å². The van der Waals surface area contributed by atoms with Gasteiger partial charge in [-0.1, -0.05) is 41.1 Å². The predicted molar refractivity (Wildman–Crippen MR) is 109 cm³/mol. The normalized spacial score (nSPS) is 15.1. The Balaban J connectivity index is 2.06. The fourth-order valence-electron chi connectivity index (χ4n) is 2.81. The first-order valence-corrected chi connectivity index (χ1v) is 10.0. The third kappa shape index (κ3) is 4.68. The highest BCUT2D eigenvalue weighted by molar-refractivity contribution is 7.17. The number of carbonyl (C=O) groups excluding carboxylic acids is 1. The van der Waals surface area contributed by atoms with Crippen LogP contribution < -0.4 is 10.6 Å². The minimum atomic E-state index is -0.374. The van der Waals surface area contributed by atoms with Crippen molar-refractivity contribution in [2.45, 2.75) is 6.92 Å². The Morgan fingerprint density at radius 2 is 2.07 bits per heavy atom. The van der Waals surface area contributed by atoms with Gasteiger partial charge in [-0.05, 0) is 24.6 Å². The lowest BCUT2D eigenvalue weighted by molar-refractivity contribution is 0.0531. The third-order valence-corrected chi connectivity index (χ3v) is 5.44. The number of rotatable bonds is 6. The van der Waals surface area contributed by atoms with Gasteiger partial charge < -0.3 is 20.1 Å². The molecule has 1 aliphatic rings. The summed E-state index contributed by atoms with van der Waals surface area (Å²) in [5, 5.41) is 1.43. The summed E-state index contributed by atoms with van der Waals surface area (Å²) in [6.07, 6.45) is 1.87. The molecule has 1 aliphatic heterocycles. The Hall–Kier alpha value is -1.93. The highest BCUT2D eigenvalue weighted by Crippen LogP contribution is 2.35. The summed E-state index contributed by atoms with van der Waals surface area (Å²) in [4.78, 5) is 20.0. The Kier molecular flexibility index (Phi) is 6.84. The molecule has 2 aromatic rings. The van der Waals surface area contributed by atoms with Gasteiger partial charge in [0.15, 0.2) is 5.13 Å². The van der Waals surface area contributed by atoms with Crippen LogP contribution in [0.5, 0.6) is 0 Å². The van der Waals surface area contributed by atoms with Crippen LogP contribution in [0, 0.1) is 0 Å². The van der Waals surface area contributed by atoms with E-state index in [1.807, 2.05) is 18.2 Å². The summed E-state index contributed by atoms with van der Waals surface area (Å²) >= 11 is 7.36. The van der Waals surface area contributed by atoms with Crippen molar-refractivity contribution < 1.29 is 14.3 Å². The van der Waals surface area contributed by atoms with Crippen LogP contribution in [0.25, 0.3) is 5.57 Å². The van der Waals surface area contributed by atoms with E-state index in [1.165, 1.54) is 11.3 Å². The molecule has 3 rings (SSSR count). The molecule has 0 amide bonds. The first-order chi connectivity index (χ1) is 13.1. The van der Waals surface area contributed by atoms with Gasteiger partial charge in [-0.15, -0.1) is 0 Å². The van der Waals surface area contributed by atoms with Crippen molar-refractivity contribution in [3.05, 3.63) is 51.5 Å². The number of morpholine rings is 1. The second kappa shape index (κ2) is 9.32. The number of aromatic nitrogens is 1. The first-order valence-electron chi connectivity index (χ1n) is 8.81. The van der Waals surface area contributed by atoms with Crippen molar-refractivity contribution in [1.82, 2.24) is 4.98 Å². The molecule has 27 heavy (non-hydrogen) atoms. The third-order valence-electron chi connectivity index (χ3n) is 4.09. The van der Waals surface area contributed by atoms with Crippen molar-refractivity contribution in [2.24, 2.45) is 5.73 Å². The van der Waals surface area contributed by atoms with E-state index in [4.69, 9.17) is 31.8 Å². The van der Waals surface area contributed by atoms with Gasteiger partial charge in [0.05, 0.1) is 25.5 Å². The van der Waals surface area contributed by atoms with Crippen LogP contribution in [0.3, 0.4) is 0 Å². The van der Waals surface area contributed by atoms with E-state index in [9.17, 15) is 4.79 Å². The molecule has 6 nitrogen and oxygen atoms in total. The van der Waals surface area contributed by atoms with Crippen LogP contribution in [0.1, 0.15) is 27.9 Å². The fourth-order valence-corrected chi connectivity index (χ4v) is 3.97. The van der Waals surface area contributed by atoms with Gasteiger partial charge in [0, 0.05) is 30.2 Å². The summed E-state index contributed by atoms with van der Waals surface area (Å²) in [5.41, 5.74) is 8.09. The zero-order chi connectivity index (χ0) is 19.2. The maximum absolute atomic E-state index is 12.6. The molecule has 1 saturated heterocycles. The summed E-state index contributed by atoms with van der Waals surface area (Å²) in [6, 6.07) is 7.40. The maximum atomic E-state index is 12.6. The number of nitrogens with zero attached hydrogens (tertiary/aromatic N) is 2. The number of benzene rings is 1. The number of ether oxygens (including phenoxy) is 2. The molecule has 1 fully saturated rings. The zero-order valence-electron chi connectivity index (χ0n) is 15.1. The van der Waals surface area contributed by atoms with Crippen LogP contribution in [0.2, 0.25) is 5.02 Å². The number of carbonyl (C=O) groups is 1. The second-order valence-electron chi connectivity index (χ2n) is 5.85. The van der Waals surface area contributed by atoms with Crippen molar-refractivity contribution >= 4 is 39.6 Å². The summed E-state index contributed by atoms with van der Waals surface area (Å²) < 4.78 is 10.7. The highest BCUT2D eigenvalue weighted by Gasteiger charge is 2.25. The summed E-state index contributed by atoms with van der Waals surface area (Å²) in [7, 11) is 0. The molecule has 144 valence electrons. The van der Waals surface area contributed by atoms with Crippen molar-refractivity contribution in [1.29, 1.82) is 0 Å². The molecule has 0 aliphatic carbocycles. The molecule has 0 unspecified atom stereocenters. The fraction of sp³-hybridized carbons (Fsp3) is 0.368. The number of hydrogen-bond acceptors (Lipinski definition) is 7. The van der Waals surface area contributed by atoms with Crippen molar-refractivity contribution in [3.8, 4) is 0 Å². The monoisotopic (exact) mass is 407 g/mol. The maximum Gasteiger partial charge on any atom is 0.350 e. The quantitative estimate of drug-likeness (QED) is 0.741. The minimum Gasteiger partial charge on any atom is -0.462 e. The van der Waals surface area contributed by atoms with E-state index < -0.39 is 0 Å². The summed E-state index contributed by atoms with van der Waals surface area (Å²) in [5.74, 6) is -0.374. The summed E-state index contributed by atoms with van der Waals surface area (Å²) in [6.45, 7) is 5.19. The molecule has 0 saturated carbocycles. The van der Waals surface area contributed by atoms with Crippen LogP contribution in [0.15, 0.2) is 30.3 Å². The van der Waals surface area contributed by atoms with E-state index in [0.717, 1.165) is 29.4 Å². The first kappa shape index (κ1) is 19.8. The van der Waals surface area contributed by atoms with Crippen molar-refractivity contribution in [3.63, 3.8) is 0 Å². The van der Waals surface area contributed by atoms with E-state index >= 15 is 0 Å². The van der Waals surface area contributed by atoms with Crippen LogP contribution in [-0.4, -0.2) is 50.4 Å². The average Bonchev–Trinajstić information content (AvgIpc) is 3.13. The number of halogens is 1. The number of anilines is 1. The van der Waals surface area contributed by atoms with Gasteiger partial charge in [0.2, 0.25) is 0 Å². The minimum absolute atomic E-state index is 0.305. The lowest BCUT2D eigenvalue weighted by Crippen LogP contribution is -2.36. The van der Waals surface area contributed by atoms with Gasteiger partial charge in [-0.25, -0.2) is 9.78 Å². The number of hydrogen-bond donors (Lipinski definition) is 1. The number of nitrogens with two attached hydrogens (primary N) is 1. The Morgan fingerprint density at radius 3 is 2.70 bits per heavy atom. The Morgan fingerprint density at radius 1 is 1.37 bits per heavy atom. The Bertz CT molecular complexity index is 814. The molecule has 0 radical (unpaired) electrons. The lowest BCUT2D eigenvalue weighted by Gasteiger charge is -2.26. The molecule has 8 heteroatoms. The largest absolute Gasteiger partial charge is 0.462 e. The molecule has 1 aromatic carbocycles. The van der Waals surface area contributed by atoms with E-state index in [0.29, 0.717) is 42.0 Å². The SMILES string of the molecule is CCOC(=O)c1sc(N2CCOCC2)nc1/C(=C/CN)c1ccc(Cl)cc1. The van der Waals surface area contributed by atoms with Gasteiger partial charge in [-0.2, -0.15) is 0 Å². The van der Waals surface area contributed by atoms with E-state index in [1.54, 1.807) is 19.1 Å². The van der Waals surface area contributed by atoms with E-state index in [-0.39, 0.29) is 5.97 Å². The molecule has 0 atom stereocenters. The molecular formula is C19H22ClN3O3S. The van der Waals surface area contributed by atoms with Gasteiger partial charge >= 0.3 is 5.97 Å². The van der Waals surface area contributed by atoms with Gasteiger partial charge in [-0.3, -0.25) is 0 Å². The smallest absolute Gasteiger partial charge is 0.350 e. The molecule has 1 aromatic heterocycles. The predicted octanol–water partition coefficient (Wildman–Crippen LogP) is 3.20. The van der Waals surface area contributed by atoms with Gasteiger partial charge in [0.25, 0.3) is 0 Å². The molecule has 0 spiro atoms. The zero-order valence-corrected chi connectivity index (χ0v) is 16.7. The van der Waals surface area contributed by atoms with E-state index in [2.05, 4.69) is 4.90 Å². The highest BCUT2D eigenvalue weighted by atomic mass is 35.5. The second-order valence-corrected chi connectivity index (χ2v) is 7.27. The molecule has 0 bridgehead atoms. The number of thiazole rings is 1. The average molecular weight is 408 g/mol. The molecule has 2 N–H and O–H groups in total. The molecule has 2 heterocycles. The van der Waals surface area contributed by atoms with Crippen LogP contribution in [-0.2, 0) is 9.47 Å². The Labute approximate surface area is 167 Å². The standard InChI is InChI=1S/C19H22ClN3O3S/c1-2-26-18(24)17-16(22-19(27-17)23-9-11-25-12-10-23)15(7-8-21)13-3-5-14(20)6-4-13/h3-7H,2,8-12,21H2,1H3/b15-7+. The lowest BCUT2D eigenvalue weighted by atomic mass is 10.0. The number of esters is 1. The van der Waals surface area contributed by atoms with Crippen LogP contribution >= 0.6 is 22.9 Å². The topological polar surface area (TPSA) is 77.7 Å². The molecular weight excluding hydrogens is 386 g/mol. The van der Waals surface area contributed by atoms with Crippen molar-refractivity contribution in [2.75, 3.05) is 44.4 Å². The van der Waals surface area contributed by atoms with Gasteiger partial charge in [0.1, 0.15) is 4.88 Å².